The monoisotopic (exact) mass is 357 g/mol. The Kier molecular flexibility index (Phi) is 4.09. The quantitative estimate of drug-likeness (QED) is 0.739. The molecular formula is C18H16FN3O2S. The molecular weight excluding hydrogens is 341 g/mol. The molecule has 1 aliphatic rings. The Morgan fingerprint density at radius 1 is 1.32 bits per heavy atom. The van der Waals surface area contributed by atoms with Gasteiger partial charge in [0, 0.05) is 5.56 Å². The third-order valence-corrected chi connectivity index (χ3v) is 5.11. The highest BCUT2D eigenvalue weighted by Crippen LogP contribution is 2.43. The molecule has 0 spiro atoms. The number of carbonyl (C=O) groups excluding carboxylic acids is 1. The van der Waals surface area contributed by atoms with Gasteiger partial charge >= 0.3 is 0 Å². The summed E-state index contributed by atoms with van der Waals surface area (Å²) in [6.07, 6.45) is 2.30. The average Bonchev–Trinajstić information content (AvgIpc) is 3.13. The molecule has 1 N–H and O–H groups in total. The van der Waals surface area contributed by atoms with Gasteiger partial charge in [0.25, 0.3) is 5.91 Å². The fraction of sp³-hybridized carbons (Fsp3) is 0.278. The van der Waals surface area contributed by atoms with Crippen molar-refractivity contribution in [1.29, 1.82) is 0 Å². The summed E-state index contributed by atoms with van der Waals surface area (Å²) >= 11 is 1.45. The van der Waals surface area contributed by atoms with E-state index in [-0.39, 0.29) is 11.7 Å². The SMILES string of the molecule is CC(NC(=O)c1sccc1C1CC1)c1nc(-c2ccc(F)cc2)no1. The number of rotatable bonds is 5. The standard InChI is InChI=1S/C18H16FN3O2S/c1-10(20-17(23)15-14(8-9-25-15)11-2-3-11)18-21-16(22-24-18)12-4-6-13(19)7-5-12/h4-11H,2-3H2,1H3,(H,20,23). The number of benzene rings is 1. The van der Waals surface area contributed by atoms with Crippen molar-refractivity contribution in [3.8, 4) is 11.4 Å². The molecule has 1 unspecified atom stereocenters. The van der Waals surface area contributed by atoms with Crippen molar-refractivity contribution in [2.75, 3.05) is 0 Å². The zero-order chi connectivity index (χ0) is 17.4. The normalized spacial score (nSPS) is 15.1. The Hall–Kier alpha value is -2.54. The Morgan fingerprint density at radius 2 is 2.08 bits per heavy atom. The second-order valence-electron chi connectivity index (χ2n) is 6.14. The summed E-state index contributed by atoms with van der Waals surface area (Å²) in [5, 5.41) is 8.77. The minimum atomic E-state index is -0.414. The van der Waals surface area contributed by atoms with Gasteiger partial charge in [-0.15, -0.1) is 11.3 Å². The topological polar surface area (TPSA) is 68.0 Å². The van der Waals surface area contributed by atoms with Crippen LogP contribution in [-0.4, -0.2) is 16.0 Å². The van der Waals surface area contributed by atoms with Crippen molar-refractivity contribution in [3.05, 3.63) is 57.9 Å². The molecule has 1 amide bonds. The van der Waals surface area contributed by atoms with Crippen molar-refractivity contribution in [1.82, 2.24) is 15.5 Å². The van der Waals surface area contributed by atoms with E-state index in [9.17, 15) is 9.18 Å². The highest BCUT2D eigenvalue weighted by Gasteiger charge is 2.29. The molecule has 0 radical (unpaired) electrons. The molecule has 25 heavy (non-hydrogen) atoms. The maximum Gasteiger partial charge on any atom is 0.262 e. The first-order chi connectivity index (χ1) is 12.1. The molecule has 5 nitrogen and oxygen atoms in total. The van der Waals surface area contributed by atoms with E-state index in [0.717, 1.165) is 23.3 Å². The third-order valence-electron chi connectivity index (χ3n) is 4.18. The van der Waals surface area contributed by atoms with Gasteiger partial charge in [0.05, 0.1) is 4.88 Å². The lowest BCUT2D eigenvalue weighted by Crippen LogP contribution is -2.26. The van der Waals surface area contributed by atoms with Gasteiger partial charge in [0.15, 0.2) is 0 Å². The van der Waals surface area contributed by atoms with E-state index < -0.39 is 6.04 Å². The first-order valence-corrected chi connectivity index (χ1v) is 8.97. The second kappa shape index (κ2) is 6.40. The Bertz CT molecular complexity index is 899. The van der Waals surface area contributed by atoms with Crippen LogP contribution in [0.5, 0.6) is 0 Å². The number of hydrogen-bond acceptors (Lipinski definition) is 5. The smallest absolute Gasteiger partial charge is 0.262 e. The van der Waals surface area contributed by atoms with Crippen molar-refractivity contribution in [2.45, 2.75) is 31.7 Å². The van der Waals surface area contributed by atoms with Crippen molar-refractivity contribution >= 4 is 17.2 Å². The van der Waals surface area contributed by atoms with Crippen LogP contribution in [0.2, 0.25) is 0 Å². The molecule has 0 saturated heterocycles. The first kappa shape index (κ1) is 16.0. The van der Waals surface area contributed by atoms with E-state index in [1.807, 2.05) is 11.4 Å². The number of carbonyl (C=O) groups is 1. The summed E-state index contributed by atoms with van der Waals surface area (Å²) in [6, 6.07) is 7.46. The molecule has 2 aromatic heterocycles. The molecule has 7 heteroatoms. The van der Waals surface area contributed by atoms with Crippen LogP contribution in [0.1, 0.15) is 52.9 Å². The Labute approximate surface area is 147 Å². The molecule has 0 bridgehead atoms. The largest absolute Gasteiger partial charge is 0.340 e. The summed E-state index contributed by atoms with van der Waals surface area (Å²) in [6.45, 7) is 1.80. The summed E-state index contributed by atoms with van der Waals surface area (Å²) in [5.41, 5.74) is 1.79. The third kappa shape index (κ3) is 3.32. The van der Waals surface area contributed by atoms with Gasteiger partial charge in [-0.2, -0.15) is 4.98 Å². The maximum atomic E-state index is 13.0. The molecule has 0 aliphatic heterocycles. The number of halogens is 1. The van der Waals surface area contributed by atoms with Gasteiger partial charge in [-0.1, -0.05) is 5.16 Å². The van der Waals surface area contributed by atoms with Gasteiger partial charge in [-0.25, -0.2) is 4.39 Å². The van der Waals surface area contributed by atoms with Crippen LogP contribution in [0.4, 0.5) is 4.39 Å². The van der Waals surface area contributed by atoms with E-state index in [2.05, 4.69) is 15.5 Å². The molecule has 2 heterocycles. The van der Waals surface area contributed by atoms with Crippen LogP contribution in [0.25, 0.3) is 11.4 Å². The highest BCUT2D eigenvalue weighted by atomic mass is 32.1. The fourth-order valence-corrected chi connectivity index (χ4v) is 3.56. The number of nitrogens with zero attached hydrogens (tertiary/aromatic N) is 2. The van der Waals surface area contributed by atoms with E-state index in [4.69, 9.17) is 4.52 Å². The molecule has 1 saturated carbocycles. The van der Waals surface area contributed by atoms with Crippen LogP contribution in [-0.2, 0) is 0 Å². The van der Waals surface area contributed by atoms with E-state index in [0.29, 0.717) is 23.2 Å². The fourth-order valence-electron chi connectivity index (χ4n) is 2.67. The zero-order valence-corrected chi connectivity index (χ0v) is 14.3. The van der Waals surface area contributed by atoms with Crippen LogP contribution in [0.3, 0.4) is 0 Å². The lowest BCUT2D eigenvalue weighted by molar-refractivity contribution is 0.0935. The number of nitrogens with one attached hydrogen (secondary N) is 1. The molecule has 1 fully saturated rings. The first-order valence-electron chi connectivity index (χ1n) is 8.09. The van der Waals surface area contributed by atoms with Crippen LogP contribution >= 0.6 is 11.3 Å². The van der Waals surface area contributed by atoms with Crippen LogP contribution < -0.4 is 5.32 Å². The summed E-state index contributed by atoms with van der Waals surface area (Å²) in [5.74, 6) is 0.764. The van der Waals surface area contributed by atoms with E-state index in [1.54, 1.807) is 19.1 Å². The minimum absolute atomic E-state index is 0.120. The lowest BCUT2D eigenvalue weighted by Gasteiger charge is -2.09. The summed E-state index contributed by atoms with van der Waals surface area (Å²) in [7, 11) is 0. The predicted octanol–water partition coefficient (Wildman–Crippen LogP) is 4.31. The van der Waals surface area contributed by atoms with Crippen molar-refractivity contribution < 1.29 is 13.7 Å². The van der Waals surface area contributed by atoms with Crippen molar-refractivity contribution in [3.63, 3.8) is 0 Å². The van der Waals surface area contributed by atoms with E-state index in [1.165, 1.54) is 23.5 Å². The summed E-state index contributed by atoms with van der Waals surface area (Å²) in [4.78, 5) is 17.6. The molecule has 4 rings (SSSR count). The number of thiophene rings is 1. The molecule has 1 aromatic carbocycles. The lowest BCUT2D eigenvalue weighted by atomic mass is 10.1. The van der Waals surface area contributed by atoms with Gasteiger partial charge < -0.3 is 9.84 Å². The highest BCUT2D eigenvalue weighted by molar-refractivity contribution is 7.12. The van der Waals surface area contributed by atoms with Crippen LogP contribution in [0, 0.1) is 5.82 Å². The van der Waals surface area contributed by atoms with Gasteiger partial charge in [-0.3, -0.25) is 4.79 Å². The average molecular weight is 357 g/mol. The minimum Gasteiger partial charge on any atom is -0.340 e. The number of aromatic nitrogens is 2. The van der Waals surface area contributed by atoms with E-state index >= 15 is 0 Å². The Balaban J connectivity index is 1.47. The number of hydrogen-bond donors (Lipinski definition) is 1. The predicted molar refractivity (Wildman–Crippen MR) is 91.9 cm³/mol. The summed E-state index contributed by atoms with van der Waals surface area (Å²) < 4.78 is 18.3. The molecule has 3 aromatic rings. The molecule has 1 aliphatic carbocycles. The van der Waals surface area contributed by atoms with Gasteiger partial charge in [-0.05, 0) is 67.0 Å². The Morgan fingerprint density at radius 3 is 2.80 bits per heavy atom. The van der Waals surface area contributed by atoms with Crippen LogP contribution in [0.15, 0.2) is 40.2 Å². The van der Waals surface area contributed by atoms with Gasteiger partial charge in [0.1, 0.15) is 11.9 Å². The second-order valence-corrected chi connectivity index (χ2v) is 7.05. The van der Waals surface area contributed by atoms with Gasteiger partial charge in [0.2, 0.25) is 11.7 Å². The number of amides is 1. The molecule has 1 atom stereocenters. The van der Waals surface area contributed by atoms with Crippen molar-refractivity contribution in [2.24, 2.45) is 0 Å². The zero-order valence-electron chi connectivity index (χ0n) is 13.5. The maximum absolute atomic E-state index is 13.0. The molecule has 128 valence electrons.